The van der Waals surface area contributed by atoms with Crippen molar-refractivity contribution in [2.45, 2.75) is 45.8 Å². The molecule has 166 valence electrons. The number of hydrogen-bond acceptors (Lipinski definition) is 2. The third-order valence-corrected chi connectivity index (χ3v) is 6.35. The third kappa shape index (κ3) is 5.48. The van der Waals surface area contributed by atoms with Crippen LogP contribution in [0.3, 0.4) is 0 Å². The first-order valence-electron chi connectivity index (χ1n) is 10.2. The minimum Gasteiger partial charge on any atom is -0.338 e. The zero-order valence-corrected chi connectivity index (χ0v) is 18.3. The molecule has 1 amide bonds. The van der Waals surface area contributed by atoms with Crippen molar-refractivity contribution in [3.8, 4) is 0 Å². The highest BCUT2D eigenvalue weighted by atomic mass is 35.5. The Morgan fingerprint density at radius 3 is 2.52 bits per heavy atom. The van der Waals surface area contributed by atoms with Crippen LogP contribution in [0.15, 0.2) is 59.7 Å². The molecule has 1 atom stereocenters. The summed E-state index contributed by atoms with van der Waals surface area (Å²) in [5.74, 6) is -0.502. The molecule has 2 aliphatic rings. The van der Waals surface area contributed by atoms with Crippen LogP contribution in [0.25, 0.3) is 0 Å². The van der Waals surface area contributed by atoms with E-state index in [4.69, 9.17) is 11.6 Å². The van der Waals surface area contributed by atoms with Gasteiger partial charge in [-0.2, -0.15) is 13.2 Å². The van der Waals surface area contributed by atoms with Gasteiger partial charge < -0.3 is 4.90 Å². The number of nitrogens with zero attached hydrogens (tertiary/aromatic N) is 1. The fraction of sp³-hybridized carbons (Fsp3) is 0.417. The molecule has 7 heteroatoms. The van der Waals surface area contributed by atoms with Crippen LogP contribution < -0.4 is 0 Å². The predicted molar refractivity (Wildman–Crippen MR) is 114 cm³/mol. The Balaban J connectivity index is 1.79. The monoisotopic (exact) mass is 451 g/mol. The van der Waals surface area contributed by atoms with Crippen molar-refractivity contribution in [2.24, 2.45) is 11.3 Å². The SMILES string of the molecule is CC(C)(C(=O)C1=CC=CCC(C(F)(F)F)=C1)C1CCC(=O)N(Cc2ccc(Cl)cc2)C1. The fourth-order valence-corrected chi connectivity index (χ4v) is 4.15. The van der Waals surface area contributed by atoms with E-state index in [1.165, 1.54) is 18.2 Å². The van der Waals surface area contributed by atoms with E-state index < -0.39 is 17.2 Å². The number of allylic oxidation sites excluding steroid dienone is 6. The molecule has 1 unspecified atom stereocenters. The van der Waals surface area contributed by atoms with E-state index in [1.807, 2.05) is 12.1 Å². The number of halogens is 4. The Morgan fingerprint density at radius 2 is 1.87 bits per heavy atom. The molecule has 0 saturated carbocycles. The van der Waals surface area contributed by atoms with Crippen molar-refractivity contribution in [3.05, 3.63) is 70.3 Å². The lowest BCUT2D eigenvalue weighted by Crippen LogP contribution is -2.47. The zero-order valence-electron chi connectivity index (χ0n) is 17.5. The summed E-state index contributed by atoms with van der Waals surface area (Å²) < 4.78 is 39.7. The van der Waals surface area contributed by atoms with Crippen molar-refractivity contribution in [1.29, 1.82) is 0 Å². The topological polar surface area (TPSA) is 37.4 Å². The maximum absolute atomic E-state index is 13.3. The van der Waals surface area contributed by atoms with Crippen LogP contribution in [0.1, 0.15) is 38.7 Å². The van der Waals surface area contributed by atoms with Crippen molar-refractivity contribution >= 4 is 23.3 Å². The molecular formula is C24H25ClF3NO2. The number of piperidine rings is 1. The molecule has 1 aliphatic heterocycles. The number of ketones is 1. The van der Waals surface area contributed by atoms with Gasteiger partial charge >= 0.3 is 6.18 Å². The molecule has 0 radical (unpaired) electrons. The smallest absolute Gasteiger partial charge is 0.338 e. The van der Waals surface area contributed by atoms with Gasteiger partial charge in [0.05, 0.1) is 0 Å². The number of amides is 1. The van der Waals surface area contributed by atoms with Crippen LogP contribution in [-0.4, -0.2) is 29.3 Å². The molecule has 0 spiro atoms. The van der Waals surface area contributed by atoms with Crippen LogP contribution in [0.2, 0.25) is 5.02 Å². The van der Waals surface area contributed by atoms with Gasteiger partial charge in [-0.3, -0.25) is 9.59 Å². The number of benzene rings is 1. The highest BCUT2D eigenvalue weighted by molar-refractivity contribution is 6.30. The lowest BCUT2D eigenvalue weighted by atomic mass is 9.69. The number of alkyl halides is 3. The number of carbonyl (C=O) groups excluding carboxylic acids is 2. The highest BCUT2D eigenvalue weighted by Gasteiger charge is 2.42. The van der Waals surface area contributed by atoms with E-state index in [2.05, 4.69) is 0 Å². The van der Waals surface area contributed by atoms with E-state index in [0.717, 1.165) is 11.6 Å². The summed E-state index contributed by atoms with van der Waals surface area (Å²) in [6.07, 6.45) is 1.39. The lowest BCUT2D eigenvalue weighted by molar-refractivity contribution is -0.140. The van der Waals surface area contributed by atoms with Crippen molar-refractivity contribution in [3.63, 3.8) is 0 Å². The molecule has 1 heterocycles. The van der Waals surface area contributed by atoms with Crippen molar-refractivity contribution in [1.82, 2.24) is 4.90 Å². The molecule has 1 saturated heterocycles. The van der Waals surface area contributed by atoms with Gasteiger partial charge in [-0.1, -0.05) is 55.8 Å². The van der Waals surface area contributed by atoms with Gasteiger partial charge in [-0.05, 0) is 42.5 Å². The number of carbonyl (C=O) groups is 2. The highest BCUT2D eigenvalue weighted by Crippen LogP contribution is 2.39. The lowest BCUT2D eigenvalue weighted by Gasteiger charge is -2.40. The Kier molecular flexibility index (Phi) is 6.79. The molecule has 1 fully saturated rings. The molecule has 0 bridgehead atoms. The quantitative estimate of drug-likeness (QED) is 0.546. The number of rotatable bonds is 5. The summed E-state index contributed by atoms with van der Waals surface area (Å²) in [5, 5.41) is 0.607. The average molecular weight is 452 g/mol. The standard InChI is InChI=1S/C24H25ClF3NO2/c1-23(2,22(31)17-5-3-4-6-18(13-17)24(26,27)28)19-9-12-21(30)29(15-19)14-16-7-10-20(25)11-8-16/h3-5,7-8,10-11,13,19H,6,9,12,14-15H2,1-2H3. The molecule has 0 N–H and O–H groups in total. The molecule has 1 aliphatic carbocycles. The van der Waals surface area contributed by atoms with Crippen LogP contribution in [0, 0.1) is 11.3 Å². The fourth-order valence-electron chi connectivity index (χ4n) is 4.02. The Labute approximate surface area is 185 Å². The number of Topliss-reactive ketones (excluding diaryl/α,β-unsaturated/α-hetero) is 1. The molecule has 31 heavy (non-hydrogen) atoms. The van der Waals surface area contributed by atoms with Gasteiger partial charge in [0, 0.05) is 41.1 Å². The minimum absolute atomic E-state index is 0.00492. The Hall–Kier alpha value is -2.34. The van der Waals surface area contributed by atoms with Gasteiger partial charge in [0.2, 0.25) is 5.91 Å². The second-order valence-electron chi connectivity index (χ2n) is 8.61. The van der Waals surface area contributed by atoms with E-state index in [1.54, 1.807) is 30.9 Å². The average Bonchev–Trinajstić information content (AvgIpc) is 2.97. The summed E-state index contributed by atoms with van der Waals surface area (Å²) in [6.45, 7) is 4.29. The van der Waals surface area contributed by atoms with E-state index >= 15 is 0 Å². The summed E-state index contributed by atoms with van der Waals surface area (Å²) in [6, 6.07) is 7.21. The van der Waals surface area contributed by atoms with Crippen molar-refractivity contribution < 1.29 is 22.8 Å². The van der Waals surface area contributed by atoms with Crippen molar-refractivity contribution in [2.75, 3.05) is 6.54 Å². The minimum atomic E-state index is -4.48. The first-order valence-corrected chi connectivity index (χ1v) is 10.6. The molecular weight excluding hydrogens is 427 g/mol. The largest absolute Gasteiger partial charge is 0.413 e. The van der Waals surface area contributed by atoms with E-state index in [0.29, 0.717) is 31.0 Å². The summed E-state index contributed by atoms with van der Waals surface area (Å²) in [5.41, 5.74) is -0.681. The Morgan fingerprint density at radius 1 is 1.19 bits per heavy atom. The zero-order chi connectivity index (χ0) is 22.8. The molecule has 3 nitrogen and oxygen atoms in total. The molecule has 0 aromatic heterocycles. The summed E-state index contributed by atoms with van der Waals surface area (Å²) in [7, 11) is 0. The Bertz CT molecular complexity index is 943. The van der Waals surface area contributed by atoms with Gasteiger partial charge in [0.1, 0.15) is 0 Å². The molecule has 1 aromatic carbocycles. The van der Waals surface area contributed by atoms with Gasteiger partial charge in [0.25, 0.3) is 0 Å². The number of hydrogen-bond donors (Lipinski definition) is 0. The van der Waals surface area contributed by atoms with Crippen LogP contribution in [-0.2, 0) is 16.1 Å². The molecule has 3 rings (SSSR count). The second-order valence-corrected chi connectivity index (χ2v) is 9.05. The van der Waals surface area contributed by atoms with E-state index in [-0.39, 0.29) is 29.6 Å². The summed E-state index contributed by atoms with van der Waals surface area (Å²) >= 11 is 5.92. The normalized spacial score (nSPS) is 20.3. The first kappa shape index (κ1) is 23.3. The number of likely N-dealkylation sites (tertiary alicyclic amines) is 1. The predicted octanol–water partition coefficient (Wildman–Crippen LogP) is 6.05. The molecule has 1 aromatic rings. The maximum atomic E-state index is 13.3. The van der Waals surface area contributed by atoms with Gasteiger partial charge in [-0.15, -0.1) is 0 Å². The van der Waals surface area contributed by atoms with E-state index in [9.17, 15) is 22.8 Å². The second kappa shape index (κ2) is 9.03. The van der Waals surface area contributed by atoms with Gasteiger partial charge in [0.15, 0.2) is 5.78 Å². The first-order chi connectivity index (χ1) is 14.5. The van der Waals surface area contributed by atoms with Gasteiger partial charge in [-0.25, -0.2) is 0 Å². The maximum Gasteiger partial charge on any atom is 0.413 e. The van der Waals surface area contributed by atoms with Crippen LogP contribution >= 0.6 is 11.6 Å². The van der Waals surface area contributed by atoms with Crippen LogP contribution in [0.4, 0.5) is 13.2 Å². The van der Waals surface area contributed by atoms with Crippen LogP contribution in [0.5, 0.6) is 0 Å². The summed E-state index contributed by atoms with van der Waals surface area (Å²) in [4.78, 5) is 27.5. The third-order valence-electron chi connectivity index (χ3n) is 6.10.